The molecule has 2 aromatic rings. The molecule has 4 heteroatoms. The number of ether oxygens (including phenoxy) is 1. The summed E-state index contributed by atoms with van der Waals surface area (Å²) >= 11 is 0. The maximum Gasteiger partial charge on any atom is 0.187 e. The van der Waals surface area contributed by atoms with E-state index in [9.17, 15) is 4.79 Å². The SMILES string of the molecule is COc1ccc2c(c1)C(=CC(=O)c1ccc(CO)cc1)NC(C)(C)C2. The predicted molar refractivity (Wildman–Crippen MR) is 98.6 cm³/mol. The number of benzene rings is 2. The summed E-state index contributed by atoms with van der Waals surface area (Å²) in [5, 5.41) is 12.6. The molecule has 1 aliphatic heterocycles. The van der Waals surface area contributed by atoms with E-state index in [0.717, 1.165) is 29.0 Å². The van der Waals surface area contributed by atoms with E-state index in [-0.39, 0.29) is 17.9 Å². The topological polar surface area (TPSA) is 58.6 Å². The zero-order valence-corrected chi connectivity index (χ0v) is 14.8. The summed E-state index contributed by atoms with van der Waals surface area (Å²) in [7, 11) is 1.64. The third-order valence-corrected chi connectivity index (χ3v) is 4.41. The van der Waals surface area contributed by atoms with Crippen molar-refractivity contribution in [2.45, 2.75) is 32.4 Å². The normalized spacial score (nSPS) is 16.9. The second kappa shape index (κ2) is 6.73. The molecule has 130 valence electrons. The quantitative estimate of drug-likeness (QED) is 0.664. The van der Waals surface area contributed by atoms with E-state index < -0.39 is 0 Å². The number of hydrogen-bond donors (Lipinski definition) is 2. The second-order valence-electron chi connectivity index (χ2n) is 6.99. The second-order valence-corrected chi connectivity index (χ2v) is 6.99. The molecular formula is C21H23NO3. The number of methoxy groups -OCH3 is 1. The van der Waals surface area contributed by atoms with Crippen molar-refractivity contribution in [1.82, 2.24) is 5.32 Å². The molecule has 0 bridgehead atoms. The Labute approximate surface area is 148 Å². The van der Waals surface area contributed by atoms with Crippen molar-refractivity contribution in [1.29, 1.82) is 0 Å². The first kappa shape index (κ1) is 17.2. The van der Waals surface area contributed by atoms with Crippen LogP contribution in [0.3, 0.4) is 0 Å². The van der Waals surface area contributed by atoms with Crippen LogP contribution < -0.4 is 10.1 Å². The van der Waals surface area contributed by atoms with Crippen molar-refractivity contribution < 1.29 is 14.6 Å². The van der Waals surface area contributed by atoms with Crippen LogP contribution >= 0.6 is 0 Å². The molecule has 4 nitrogen and oxygen atoms in total. The Balaban J connectivity index is 1.99. The van der Waals surface area contributed by atoms with Gasteiger partial charge in [0.1, 0.15) is 5.75 Å². The number of carbonyl (C=O) groups excluding carboxylic acids is 1. The van der Waals surface area contributed by atoms with Crippen LogP contribution in [0.1, 0.15) is 40.9 Å². The third-order valence-electron chi connectivity index (χ3n) is 4.41. The van der Waals surface area contributed by atoms with Crippen LogP contribution in [-0.4, -0.2) is 23.5 Å². The van der Waals surface area contributed by atoms with Gasteiger partial charge in [0.25, 0.3) is 0 Å². The van der Waals surface area contributed by atoms with E-state index >= 15 is 0 Å². The fourth-order valence-electron chi connectivity index (χ4n) is 3.14. The summed E-state index contributed by atoms with van der Waals surface area (Å²) in [6, 6.07) is 13.0. The molecule has 25 heavy (non-hydrogen) atoms. The molecule has 0 aromatic heterocycles. The van der Waals surface area contributed by atoms with Crippen LogP contribution in [0.25, 0.3) is 5.70 Å². The average molecular weight is 337 g/mol. The third kappa shape index (κ3) is 3.74. The van der Waals surface area contributed by atoms with E-state index in [0.29, 0.717) is 5.56 Å². The molecule has 3 rings (SSSR count). The van der Waals surface area contributed by atoms with Crippen molar-refractivity contribution in [3.05, 3.63) is 70.8 Å². The fraction of sp³-hybridized carbons (Fsp3) is 0.286. The molecule has 1 aliphatic rings. The van der Waals surface area contributed by atoms with E-state index in [1.807, 2.05) is 12.1 Å². The number of allylic oxidation sites excluding steroid dienone is 1. The van der Waals surface area contributed by atoms with Gasteiger partial charge in [0.15, 0.2) is 5.78 Å². The van der Waals surface area contributed by atoms with Crippen molar-refractivity contribution >= 4 is 11.5 Å². The summed E-state index contributed by atoms with van der Waals surface area (Å²) in [5.74, 6) is 0.698. The van der Waals surface area contributed by atoms with Gasteiger partial charge < -0.3 is 15.2 Å². The smallest absolute Gasteiger partial charge is 0.187 e. The molecule has 0 radical (unpaired) electrons. The maximum atomic E-state index is 12.7. The van der Waals surface area contributed by atoms with E-state index in [4.69, 9.17) is 9.84 Å². The van der Waals surface area contributed by atoms with Gasteiger partial charge in [-0.05, 0) is 43.5 Å². The molecule has 0 unspecified atom stereocenters. The number of rotatable bonds is 4. The highest BCUT2D eigenvalue weighted by Gasteiger charge is 2.28. The largest absolute Gasteiger partial charge is 0.497 e. The predicted octanol–water partition coefficient (Wildman–Crippen LogP) is 3.34. The van der Waals surface area contributed by atoms with Crippen molar-refractivity contribution in [3.8, 4) is 5.75 Å². The number of nitrogens with one attached hydrogen (secondary N) is 1. The first-order valence-electron chi connectivity index (χ1n) is 8.33. The zero-order chi connectivity index (χ0) is 18.0. The van der Waals surface area contributed by atoms with Crippen LogP contribution in [0.5, 0.6) is 5.75 Å². The lowest BCUT2D eigenvalue weighted by atomic mass is 9.85. The van der Waals surface area contributed by atoms with Gasteiger partial charge in [0, 0.05) is 28.4 Å². The van der Waals surface area contributed by atoms with Crippen LogP contribution in [0.2, 0.25) is 0 Å². The van der Waals surface area contributed by atoms with Crippen LogP contribution in [0, 0.1) is 0 Å². The van der Waals surface area contributed by atoms with Crippen molar-refractivity contribution in [2.75, 3.05) is 7.11 Å². The van der Waals surface area contributed by atoms with Crippen LogP contribution in [0.4, 0.5) is 0 Å². The summed E-state index contributed by atoms with van der Waals surface area (Å²) in [4.78, 5) is 12.7. The number of aliphatic hydroxyl groups is 1. The minimum absolute atomic E-state index is 0.0293. The Morgan fingerprint density at radius 1 is 1.24 bits per heavy atom. The fourth-order valence-corrected chi connectivity index (χ4v) is 3.14. The molecule has 0 fully saturated rings. The molecule has 0 atom stereocenters. The molecule has 0 aliphatic carbocycles. The Bertz CT molecular complexity index is 820. The molecule has 0 amide bonds. The highest BCUT2D eigenvalue weighted by Crippen LogP contribution is 2.32. The van der Waals surface area contributed by atoms with E-state index in [1.165, 1.54) is 5.56 Å². The van der Waals surface area contributed by atoms with Gasteiger partial charge >= 0.3 is 0 Å². The molecule has 0 saturated heterocycles. The van der Waals surface area contributed by atoms with Crippen molar-refractivity contribution in [2.24, 2.45) is 0 Å². The molecule has 0 spiro atoms. The summed E-state index contributed by atoms with van der Waals surface area (Å²) in [6.45, 7) is 4.21. The van der Waals surface area contributed by atoms with Gasteiger partial charge in [-0.25, -0.2) is 0 Å². The van der Waals surface area contributed by atoms with E-state index in [1.54, 1.807) is 37.5 Å². The number of fused-ring (bicyclic) bond motifs is 1. The van der Waals surface area contributed by atoms with Gasteiger partial charge in [-0.3, -0.25) is 4.79 Å². The molecule has 1 heterocycles. The monoisotopic (exact) mass is 337 g/mol. The Hall–Kier alpha value is -2.59. The van der Waals surface area contributed by atoms with E-state index in [2.05, 4.69) is 25.2 Å². The lowest BCUT2D eigenvalue weighted by molar-refractivity contribution is 0.104. The summed E-state index contributed by atoms with van der Waals surface area (Å²) in [5.41, 5.74) is 4.25. The molecule has 2 aromatic carbocycles. The standard InChI is InChI=1S/C21H23NO3/c1-21(2)12-16-8-9-17(25-3)10-18(16)19(22-21)11-20(24)15-6-4-14(13-23)5-7-15/h4-11,22-23H,12-13H2,1-3H3. The summed E-state index contributed by atoms with van der Waals surface area (Å²) in [6.07, 6.45) is 2.52. The van der Waals surface area contributed by atoms with Crippen molar-refractivity contribution in [3.63, 3.8) is 0 Å². The van der Waals surface area contributed by atoms with Crippen LogP contribution in [0.15, 0.2) is 48.5 Å². The highest BCUT2D eigenvalue weighted by molar-refractivity contribution is 6.08. The number of hydrogen-bond acceptors (Lipinski definition) is 4. The molecule has 0 saturated carbocycles. The first-order valence-corrected chi connectivity index (χ1v) is 8.33. The first-order chi connectivity index (χ1) is 11.9. The zero-order valence-electron chi connectivity index (χ0n) is 14.8. The van der Waals surface area contributed by atoms with Gasteiger partial charge in [-0.2, -0.15) is 0 Å². The van der Waals surface area contributed by atoms with Gasteiger partial charge in [-0.1, -0.05) is 30.3 Å². The van der Waals surface area contributed by atoms with Gasteiger partial charge in [0.05, 0.1) is 13.7 Å². The minimum Gasteiger partial charge on any atom is -0.497 e. The number of carbonyl (C=O) groups is 1. The number of aliphatic hydroxyl groups excluding tert-OH is 1. The lowest BCUT2D eigenvalue weighted by Gasteiger charge is -2.35. The minimum atomic E-state index is -0.131. The Morgan fingerprint density at radius 2 is 1.96 bits per heavy atom. The Kier molecular flexibility index (Phi) is 4.64. The molecular weight excluding hydrogens is 314 g/mol. The highest BCUT2D eigenvalue weighted by atomic mass is 16.5. The van der Waals surface area contributed by atoms with Crippen LogP contribution in [-0.2, 0) is 13.0 Å². The average Bonchev–Trinajstić information content (AvgIpc) is 2.60. The summed E-state index contributed by atoms with van der Waals surface area (Å²) < 4.78 is 5.33. The Morgan fingerprint density at radius 3 is 2.60 bits per heavy atom. The lowest BCUT2D eigenvalue weighted by Crippen LogP contribution is -2.43. The van der Waals surface area contributed by atoms with Gasteiger partial charge in [0.2, 0.25) is 0 Å². The van der Waals surface area contributed by atoms with Gasteiger partial charge in [-0.15, -0.1) is 0 Å². The number of ketones is 1. The molecule has 2 N–H and O–H groups in total. The maximum absolute atomic E-state index is 12.7.